The molecule has 0 spiro atoms. The number of ether oxygens (including phenoxy) is 1. The molecule has 1 atom stereocenters. The highest BCUT2D eigenvalue weighted by atomic mass is 79.9. The van der Waals surface area contributed by atoms with Gasteiger partial charge in [-0.3, -0.25) is 0 Å². The van der Waals surface area contributed by atoms with Gasteiger partial charge in [-0.05, 0) is 31.3 Å². The standard InChI is InChI=1S/C15H14BrF2NO/c1-19-15(11-8-9(16)6-7-12(11)17)10-4-3-5-13(20-2)14(10)18/h3-8,15,19H,1-2H3. The van der Waals surface area contributed by atoms with Crippen molar-refractivity contribution in [2.75, 3.05) is 14.2 Å². The van der Waals surface area contributed by atoms with Crippen LogP contribution in [-0.2, 0) is 0 Å². The van der Waals surface area contributed by atoms with Crippen LogP contribution in [0.3, 0.4) is 0 Å². The zero-order valence-corrected chi connectivity index (χ0v) is 12.7. The van der Waals surface area contributed by atoms with E-state index in [0.29, 0.717) is 11.1 Å². The van der Waals surface area contributed by atoms with Crippen molar-refractivity contribution in [1.29, 1.82) is 0 Å². The molecule has 0 aliphatic rings. The number of hydrogen-bond donors (Lipinski definition) is 1. The molecule has 0 aliphatic heterocycles. The summed E-state index contributed by atoms with van der Waals surface area (Å²) in [7, 11) is 3.06. The van der Waals surface area contributed by atoms with E-state index in [9.17, 15) is 8.78 Å². The number of methoxy groups -OCH3 is 1. The molecule has 0 aliphatic carbocycles. The van der Waals surface area contributed by atoms with E-state index >= 15 is 0 Å². The molecule has 2 nitrogen and oxygen atoms in total. The van der Waals surface area contributed by atoms with Crippen LogP contribution in [0.15, 0.2) is 40.9 Å². The Morgan fingerprint density at radius 3 is 2.55 bits per heavy atom. The highest BCUT2D eigenvalue weighted by Gasteiger charge is 2.21. The van der Waals surface area contributed by atoms with Gasteiger partial charge in [0.2, 0.25) is 0 Å². The quantitative estimate of drug-likeness (QED) is 0.905. The van der Waals surface area contributed by atoms with Gasteiger partial charge in [0.05, 0.1) is 13.2 Å². The fraction of sp³-hybridized carbons (Fsp3) is 0.200. The molecule has 0 amide bonds. The third-order valence-corrected chi connectivity index (χ3v) is 3.58. The molecule has 2 rings (SSSR count). The molecule has 0 heterocycles. The predicted octanol–water partition coefficient (Wildman–Crippen LogP) is 4.04. The Balaban J connectivity index is 2.55. The van der Waals surface area contributed by atoms with E-state index in [1.54, 1.807) is 31.3 Å². The Labute approximate surface area is 124 Å². The highest BCUT2D eigenvalue weighted by Crippen LogP contribution is 2.31. The second-order valence-electron chi connectivity index (χ2n) is 4.25. The molecule has 106 valence electrons. The summed E-state index contributed by atoms with van der Waals surface area (Å²) in [6.07, 6.45) is 0. The molecule has 20 heavy (non-hydrogen) atoms. The van der Waals surface area contributed by atoms with E-state index in [4.69, 9.17) is 4.74 Å². The molecule has 0 bridgehead atoms. The minimum Gasteiger partial charge on any atom is -0.494 e. The van der Waals surface area contributed by atoms with Gasteiger partial charge in [0.1, 0.15) is 5.82 Å². The number of nitrogens with one attached hydrogen (secondary N) is 1. The number of benzene rings is 2. The zero-order chi connectivity index (χ0) is 14.7. The van der Waals surface area contributed by atoms with E-state index in [0.717, 1.165) is 4.47 Å². The maximum absolute atomic E-state index is 14.3. The van der Waals surface area contributed by atoms with Crippen molar-refractivity contribution in [3.8, 4) is 5.75 Å². The summed E-state index contributed by atoms with van der Waals surface area (Å²) in [5, 5.41) is 2.94. The van der Waals surface area contributed by atoms with E-state index < -0.39 is 17.7 Å². The van der Waals surface area contributed by atoms with Crippen LogP contribution < -0.4 is 10.1 Å². The van der Waals surface area contributed by atoms with E-state index in [-0.39, 0.29) is 5.75 Å². The summed E-state index contributed by atoms with van der Waals surface area (Å²) in [6.45, 7) is 0. The Morgan fingerprint density at radius 2 is 1.90 bits per heavy atom. The third kappa shape index (κ3) is 2.83. The van der Waals surface area contributed by atoms with Crippen LogP contribution >= 0.6 is 15.9 Å². The molecular formula is C15H14BrF2NO. The molecule has 2 aromatic carbocycles. The van der Waals surface area contributed by atoms with Crippen LogP contribution in [0.25, 0.3) is 0 Å². The zero-order valence-electron chi connectivity index (χ0n) is 11.1. The second-order valence-corrected chi connectivity index (χ2v) is 5.17. The van der Waals surface area contributed by atoms with Crippen LogP contribution in [0.2, 0.25) is 0 Å². The SMILES string of the molecule is CNC(c1cc(Br)ccc1F)c1cccc(OC)c1F. The van der Waals surface area contributed by atoms with Crippen molar-refractivity contribution in [2.45, 2.75) is 6.04 Å². The second kappa shape index (κ2) is 6.33. The number of halogens is 3. The van der Waals surface area contributed by atoms with Crippen molar-refractivity contribution >= 4 is 15.9 Å². The largest absolute Gasteiger partial charge is 0.494 e. The number of rotatable bonds is 4. The Morgan fingerprint density at radius 1 is 1.15 bits per heavy atom. The van der Waals surface area contributed by atoms with Gasteiger partial charge in [0, 0.05) is 15.6 Å². The molecule has 0 saturated heterocycles. The van der Waals surface area contributed by atoms with Crippen molar-refractivity contribution in [3.63, 3.8) is 0 Å². The maximum Gasteiger partial charge on any atom is 0.170 e. The average molecular weight is 342 g/mol. The van der Waals surface area contributed by atoms with E-state index in [2.05, 4.69) is 21.2 Å². The molecule has 5 heteroatoms. The Hall–Kier alpha value is -1.46. The molecule has 0 saturated carbocycles. The van der Waals surface area contributed by atoms with Gasteiger partial charge >= 0.3 is 0 Å². The first kappa shape index (κ1) is 14.9. The summed E-state index contributed by atoms with van der Waals surface area (Å²) in [4.78, 5) is 0. The lowest BCUT2D eigenvalue weighted by Gasteiger charge is -2.19. The van der Waals surface area contributed by atoms with Crippen LogP contribution in [0.4, 0.5) is 8.78 Å². The van der Waals surface area contributed by atoms with Gasteiger partial charge in [-0.2, -0.15) is 0 Å². The first-order valence-electron chi connectivity index (χ1n) is 6.03. The molecule has 1 N–H and O–H groups in total. The summed E-state index contributed by atoms with van der Waals surface area (Å²) >= 11 is 3.30. The van der Waals surface area contributed by atoms with Crippen LogP contribution in [0, 0.1) is 11.6 Å². The first-order chi connectivity index (χ1) is 9.58. The fourth-order valence-corrected chi connectivity index (χ4v) is 2.50. The average Bonchev–Trinajstić information content (AvgIpc) is 2.45. The van der Waals surface area contributed by atoms with Gasteiger partial charge in [-0.25, -0.2) is 8.78 Å². The third-order valence-electron chi connectivity index (χ3n) is 3.08. The topological polar surface area (TPSA) is 21.3 Å². The molecule has 0 radical (unpaired) electrons. The first-order valence-corrected chi connectivity index (χ1v) is 6.82. The molecular weight excluding hydrogens is 328 g/mol. The van der Waals surface area contributed by atoms with Crippen molar-refractivity contribution in [2.24, 2.45) is 0 Å². The fourth-order valence-electron chi connectivity index (χ4n) is 2.12. The van der Waals surface area contributed by atoms with Crippen molar-refractivity contribution in [1.82, 2.24) is 5.32 Å². The van der Waals surface area contributed by atoms with Crippen LogP contribution in [0.5, 0.6) is 5.75 Å². The Bertz CT molecular complexity index is 619. The lowest BCUT2D eigenvalue weighted by molar-refractivity contribution is 0.382. The van der Waals surface area contributed by atoms with Crippen molar-refractivity contribution < 1.29 is 13.5 Å². The minimum absolute atomic E-state index is 0.137. The molecule has 0 aromatic heterocycles. The van der Waals surface area contributed by atoms with Crippen molar-refractivity contribution in [3.05, 3.63) is 63.6 Å². The summed E-state index contributed by atoms with van der Waals surface area (Å²) in [5.74, 6) is -0.748. The smallest absolute Gasteiger partial charge is 0.170 e. The summed E-state index contributed by atoms with van der Waals surface area (Å²) in [5.41, 5.74) is 0.706. The van der Waals surface area contributed by atoms with Crippen LogP contribution in [-0.4, -0.2) is 14.2 Å². The normalized spacial score (nSPS) is 12.2. The lowest BCUT2D eigenvalue weighted by Crippen LogP contribution is -2.20. The Kier molecular flexibility index (Phi) is 4.73. The highest BCUT2D eigenvalue weighted by molar-refractivity contribution is 9.10. The monoisotopic (exact) mass is 341 g/mol. The van der Waals surface area contributed by atoms with Gasteiger partial charge < -0.3 is 10.1 Å². The summed E-state index contributed by atoms with van der Waals surface area (Å²) < 4.78 is 34.0. The lowest BCUT2D eigenvalue weighted by atomic mass is 9.97. The van der Waals surface area contributed by atoms with Gasteiger partial charge in [-0.15, -0.1) is 0 Å². The summed E-state index contributed by atoms with van der Waals surface area (Å²) in [6, 6.07) is 8.81. The maximum atomic E-state index is 14.3. The molecule has 0 fully saturated rings. The van der Waals surface area contributed by atoms with Gasteiger partial charge in [0.25, 0.3) is 0 Å². The molecule has 1 unspecified atom stereocenters. The van der Waals surface area contributed by atoms with Crippen LogP contribution in [0.1, 0.15) is 17.2 Å². The molecule has 2 aromatic rings. The number of hydrogen-bond acceptors (Lipinski definition) is 2. The van der Waals surface area contributed by atoms with E-state index in [1.165, 1.54) is 19.2 Å². The van der Waals surface area contributed by atoms with E-state index in [1.807, 2.05) is 0 Å². The van der Waals surface area contributed by atoms with Gasteiger partial charge in [-0.1, -0.05) is 28.1 Å². The minimum atomic E-state index is -0.595. The van der Waals surface area contributed by atoms with Gasteiger partial charge in [0.15, 0.2) is 11.6 Å². The predicted molar refractivity (Wildman–Crippen MR) is 78.0 cm³/mol.